The number of rotatable bonds is 4. The molecule has 0 bridgehead atoms. The van der Waals surface area contributed by atoms with Gasteiger partial charge in [-0.15, -0.1) is 0 Å². The van der Waals surface area contributed by atoms with Gasteiger partial charge in [0.25, 0.3) is 0 Å². The van der Waals surface area contributed by atoms with E-state index in [-0.39, 0.29) is 18.0 Å². The van der Waals surface area contributed by atoms with Gasteiger partial charge in [-0.1, -0.05) is 0 Å². The number of aromatic nitrogens is 2. The van der Waals surface area contributed by atoms with E-state index in [1.54, 1.807) is 31.5 Å². The maximum absolute atomic E-state index is 13.1. The number of benzene rings is 1. The van der Waals surface area contributed by atoms with E-state index < -0.39 is 10.0 Å². The van der Waals surface area contributed by atoms with Gasteiger partial charge in [0.15, 0.2) is 0 Å². The summed E-state index contributed by atoms with van der Waals surface area (Å²) in [6.45, 7) is 5.15. The molecule has 0 atom stereocenters. The predicted molar refractivity (Wildman–Crippen MR) is 99.2 cm³/mol. The van der Waals surface area contributed by atoms with Gasteiger partial charge in [0, 0.05) is 31.4 Å². The average molecular weight is 390 g/mol. The Hall–Kier alpha value is -2.23. The highest BCUT2D eigenvalue weighted by atomic mass is 32.2. The summed E-state index contributed by atoms with van der Waals surface area (Å²) in [5, 5.41) is 0. The maximum Gasteiger partial charge on any atom is 0.243 e. The second-order valence-electron chi connectivity index (χ2n) is 6.65. The average Bonchev–Trinajstić information content (AvgIpc) is 3.13. The minimum atomic E-state index is -3.62. The normalized spacial score (nSPS) is 17.8. The van der Waals surface area contributed by atoms with Crippen LogP contribution >= 0.6 is 0 Å². The highest BCUT2D eigenvalue weighted by Crippen LogP contribution is 2.30. The fourth-order valence-corrected chi connectivity index (χ4v) is 4.82. The summed E-state index contributed by atoms with van der Waals surface area (Å²) in [6, 6.07) is 4.90. The van der Waals surface area contributed by atoms with E-state index >= 15 is 0 Å². The summed E-state index contributed by atoms with van der Waals surface area (Å²) in [4.78, 5) is 11.4. The van der Waals surface area contributed by atoms with Gasteiger partial charge >= 0.3 is 0 Å². The lowest BCUT2D eigenvalue weighted by Crippen LogP contribution is -2.37. The molecule has 0 spiro atoms. The van der Waals surface area contributed by atoms with Gasteiger partial charge in [-0.25, -0.2) is 18.4 Å². The molecule has 0 aliphatic carbocycles. The van der Waals surface area contributed by atoms with Gasteiger partial charge in [0.05, 0.1) is 37.5 Å². The summed E-state index contributed by atoms with van der Waals surface area (Å²) in [5.74, 6) is 1.30. The van der Waals surface area contributed by atoms with Crippen molar-refractivity contribution in [1.29, 1.82) is 0 Å². The lowest BCUT2D eigenvalue weighted by molar-refractivity contribution is 0.122. The molecule has 0 saturated carbocycles. The number of aryl methyl sites for hydroxylation is 1. The SMILES string of the molecule is COc1ccc(S(=O)(=O)N2Cc3cnc(N4CCOCC4)nc3C2)cc1C. The minimum Gasteiger partial charge on any atom is -0.496 e. The van der Waals surface area contributed by atoms with E-state index in [0.29, 0.717) is 24.9 Å². The number of nitrogens with zero attached hydrogens (tertiary/aromatic N) is 4. The smallest absolute Gasteiger partial charge is 0.243 e. The van der Waals surface area contributed by atoms with Gasteiger partial charge in [-0.05, 0) is 30.7 Å². The second kappa shape index (κ2) is 7.06. The molecule has 4 rings (SSSR count). The van der Waals surface area contributed by atoms with Crippen LogP contribution in [0, 0.1) is 6.92 Å². The van der Waals surface area contributed by atoms with Crippen LogP contribution in [0.4, 0.5) is 5.95 Å². The molecular formula is C18H22N4O4S. The van der Waals surface area contributed by atoms with Gasteiger partial charge in [-0.2, -0.15) is 4.31 Å². The van der Waals surface area contributed by atoms with Crippen LogP contribution in [0.25, 0.3) is 0 Å². The summed E-state index contributed by atoms with van der Waals surface area (Å²) in [6.07, 6.45) is 1.74. The molecule has 0 N–H and O–H groups in total. The number of morpholine rings is 1. The Labute approximate surface area is 158 Å². The monoisotopic (exact) mass is 390 g/mol. The zero-order valence-corrected chi connectivity index (χ0v) is 16.2. The molecule has 27 heavy (non-hydrogen) atoms. The number of ether oxygens (including phenoxy) is 2. The second-order valence-corrected chi connectivity index (χ2v) is 8.58. The standard InChI is InChI=1S/C18H22N4O4S/c1-13-9-15(3-4-17(13)25-2)27(23,24)22-11-14-10-19-18(20-16(14)12-22)21-5-7-26-8-6-21/h3-4,9-10H,5-8,11-12H2,1-2H3. The molecule has 0 unspecified atom stereocenters. The molecule has 9 heteroatoms. The Balaban J connectivity index is 1.57. The third kappa shape index (κ3) is 3.38. The van der Waals surface area contributed by atoms with Gasteiger partial charge in [-0.3, -0.25) is 0 Å². The lowest BCUT2D eigenvalue weighted by Gasteiger charge is -2.26. The zero-order valence-electron chi connectivity index (χ0n) is 15.4. The van der Waals surface area contributed by atoms with Crippen molar-refractivity contribution in [3.05, 3.63) is 41.2 Å². The van der Waals surface area contributed by atoms with Crippen molar-refractivity contribution in [2.45, 2.75) is 24.9 Å². The van der Waals surface area contributed by atoms with E-state index in [4.69, 9.17) is 9.47 Å². The largest absolute Gasteiger partial charge is 0.496 e. The summed E-state index contributed by atoms with van der Waals surface area (Å²) >= 11 is 0. The highest BCUT2D eigenvalue weighted by molar-refractivity contribution is 7.89. The van der Waals surface area contributed by atoms with Crippen molar-refractivity contribution in [2.75, 3.05) is 38.3 Å². The molecule has 1 aromatic carbocycles. The van der Waals surface area contributed by atoms with Crippen molar-refractivity contribution < 1.29 is 17.9 Å². The molecule has 2 aromatic rings. The topological polar surface area (TPSA) is 84.9 Å². The quantitative estimate of drug-likeness (QED) is 0.779. The number of anilines is 1. The van der Waals surface area contributed by atoms with Crippen molar-refractivity contribution in [2.24, 2.45) is 0 Å². The zero-order chi connectivity index (χ0) is 19.0. The first-order valence-corrected chi connectivity index (χ1v) is 10.3. The van der Waals surface area contributed by atoms with E-state index in [0.717, 1.165) is 29.9 Å². The van der Waals surface area contributed by atoms with Crippen LogP contribution in [0.3, 0.4) is 0 Å². The Morgan fingerprint density at radius 2 is 1.96 bits per heavy atom. The third-order valence-corrected chi connectivity index (χ3v) is 6.70. The fraction of sp³-hybridized carbons (Fsp3) is 0.444. The van der Waals surface area contributed by atoms with E-state index in [1.165, 1.54) is 4.31 Å². The molecule has 3 heterocycles. The molecular weight excluding hydrogens is 368 g/mol. The molecule has 1 saturated heterocycles. The molecule has 144 valence electrons. The van der Waals surface area contributed by atoms with Crippen molar-refractivity contribution in [3.63, 3.8) is 0 Å². The van der Waals surface area contributed by atoms with Crippen LogP contribution in [0.5, 0.6) is 5.75 Å². The summed E-state index contributed by atoms with van der Waals surface area (Å²) in [5.41, 5.74) is 2.39. The molecule has 0 radical (unpaired) electrons. The van der Waals surface area contributed by atoms with Crippen LogP contribution in [-0.4, -0.2) is 56.1 Å². The molecule has 2 aliphatic heterocycles. The minimum absolute atomic E-state index is 0.253. The van der Waals surface area contributed by atoms with E-state index in [1.807, 2.05) is 6.92 Å². The fourth-order valence-electron chi connectivity index (χ4n) is 3.36. The first-order valence-electron chi connectivity index (χ1n) is 8.81. The van der Waals surface area contributed by atoms with Crippen molar-refractivity contribution >= 4 is 16.0 Å². The van der Waals surface area contributed by atoms with E-state index in [9.17, 15) is 8.42 Å². The Kier molecular flexibility index (Phi) is 4.75. The van der Waals surface area contributed by atoms with Crippen molar-refractivity contribution in [1.82, 2.24) is 14.3 Å². The molecule has 1 aromatic heterocycles. The first-order chi connectivity index (χ1) is 13.0. The van der Waals surface area contributed by atoms with Crippen LogP contribution in [-0.2, 0) is 27.8 Å². The highest BCUT2D eigenvalue weighted by Gasteiger charge is 2.32. The number of sulfonamides is 1. The number of hydrogen-bond acceptors (Lipinski definition) is 7. The maximum atomic E-state index is 13.1. The van der Waals surface area contributed by atoms with Crippen LogP contribution in [0.15, 0.2) is 29.3 Å². The van der Waals surface area contributed by atoms with Gasteiger partial charge in [0.2, 0.25) is 16.0 Å². The molecule has 1 fully saturated rings. The Morgan fingerprint density at radius 3 is 2.67 bits per heavy atom. The Bertz CT molecular complexity index is 958. The van der Waals surface area contributed by atoms with Gasteiger partial charge < -0.3 is 14.4 Å². The summed E-state index contributed by atoms with van der Waals surface area (Å²) in [7, 11) is -2.05. The van der Waals surface area contributed by atoms with Gasteiger partial charge in [0.1, 0.15) is 5.75 Å². The predicted octanol–water partition coefficient (Wildman–Crippen LogP) is 1.33. The molecule has 2 aliphatic rings. The van der Waals surface area contributed by atoms with Crippen LogP contribution < -0.4 is 9.64 Å². The molecule has 8 nitrogen and oxygen atoms in total. The summed E-state index contributed by atoms with van der Waals surface area (Å²) < 4.78 is 38.1. The number of methoxy groups -OCH3 is 1. The van der Waals surface area contributed by atoms with E-state index in [2.05, 4.69) is 14.9 Å². The number of fused-ring (bicyclic) bond motifs is 1. The number of hydrogen-bond donors (Lipinski definition) is 0. The third-order valence-electron chi connectivity index (χ3n) is 4.91. The molecule has 0 amide bonds. The van der Waals surface area contributed by atoms with Crippen LogP contribution in [0.1, 0.15) is 16.8 Å². The van der Waals surface area contributed by atoms with Crippen LogP contribution in [0.2, 0.25) is 0 Å². The Morgan fingerprint density at radius 1 is 1.19 bits per heavy atom. The van der Waals surface area contributed by atoms with Crippen molar-refractivity contribution in [3.8, 4) is 5.75 Å². The lowest BCUT2D eigenvalue weighted by atomic mass is 10.2. The first kappa shape index (κ1) is 18.1.